The summed E-state index contributed by atoms with van der Waals surface area (Å²) >= 11 is 6.23. The van der Waals surface area contributed by atoms with Crippen molar-refractivity contribution in [3.63, 3.8) is 0 Å². The van der Waals surface area contributed by atoms with Crippen LogP contribution < -0.4 is 5.32 Å². The zero-order valence-corrected chi connectivity index (χ0v) is 17.3. The van der Waals surface area contributed by atoms with Crippen LogP contribution in [0.15, 0.2) is 24.3 Å². The number of imide groups is 1. The van der Waals surface area contributed by atoms with Crippen LogP contribution in [0.2, 0.25) is 5.02 Å². The van der Waals surface area contributed by atoms with Gasteiger partial charge in [-0.2, -0.15) is 0 Å². The summed E-state index contributed by atoms with van der Waals surface area (Å²) in [6, 6.07) is 6.31. The maximum absolute atomic E-state index is 13.0. The molecule has 0 aromatic heterocycles. The fraction of sp³-hybridized carbons (Fsp3) is 0.550. The highest BCUT2D eigenvalue weighted by Gasteiger charge is 2.50. The van der Waals surface area contributed by atoms with Gasteiger partial charge in [-0.15, -0.1) is 0 Å². The van der Waals surface area contributed by atoms with Crippen LogP contribution >= 0.6 is 11.6 Å². The average molecular weight is 394 g/mol. The lowest BCUT2D eigenvalue weighted by atomic mass is 9.92. The Morgan fingerprint density at radius 2 is 1.70 bits per heavy atom. The van der Waals surface area contributed by atoms with Crippen molar-refractivity contribution in [1.82, 2.24) is 15.1 Å². The lowest BCUT2D eigenvalue weighted by Crippen LogP contribution is -2.46. The number of nitrogens with zero attached hydrogens (tertiary/aromatic N) is 2. The molecule has 1 N–H and O–H groups in total. The highest BCUT2D eigenvalue weighted by molar-refractivity contribution is 6.32. The number of urea groups is 1. The molecule has 1 aromatic rings. The summed E-state index contributed by atoms with van der Waals surface area (Å²) in [6.07, 6.45) is 0. The van der Waals surface area contributed by atoms with Gasteiger partial charge in [0.25, 0.3) is 5.91 Å². The van der Waals surface area contributed by atoms with Crippen molar-refractivity contribution in [2.45, 2.75) is 40.2 Å². The second kappa shape index (κ2) is 8.30. The third kappa shape index (κ3) is 4.61. The molecule has 7 heteroatoms. The number of benzene rings is 1. The summed E-state index contributed by atoms with van der Waals surface area (Å²) in [6.45, 7) is 10.6. The number of hydrogen-bond donors (Lipinski definition) is 1. The summed E-state index contributed by atoms with van der Waals surface area (Å²) in [5.41, 5.74) is -0.766. The number of amides is 4. The lowest BCUT2D eigenvalue weighted by molar-refractivity contribution is -0.139. The molecular formula is C20H28ClN3O3. The van der Waals surface area contributed by atoms with E-state index in [0.717, 1.165) is 4.90 Å². The largest absolute Gasteiger partial charge is 0.341 e. The number of rotatable bonds is 7. The number of halogens is 1. The van der Waals surface area contributed by atoms with Gasteiger partial charge in [-0.1, -0.05) is 57.5 Å². The molecule has 4 amide bonds. The molecule has 0 spiro atoms. The van der Waals surface area contributed by atoms with Crippen LogP contribution in [0, 0.1) is 11.8 Å². The molecule has 0 aliphatic carbocycles. The van der Waals surface area contributed by atoms with Crippen molar-refractivity contribution in [2.24, 2.45) is 11.8 Å². The van der Waals surface area contributed by atoms with E-state index in [4.69, 9.17) is 11.6 Å². The predicted octanol–water partition coefficient (Wildman–Crippen LogP) is 3.25. The van der Waals surface area contributed by atoms with Gasteiger partial charge in [0.15, 0.2) is 0 Å². The van der Waals surface area contributed by atoms with Gasteiger partial charge >= 0.3 is 6.03 Å². The molecule has 2 rings (SSSR count). The Kier molecular flexibility index (Phi) is 6.52. The van der Waals surface area contributed by atoms with Gasteiger partial charge in [0, 0.05) is 23.7 Å². The molecule has 0 bridgehead atoms. The third-order valence-electron chi connectivity index (χ3n) is 4.50. The molecule has 1 aliphatic rings. The molecule has 6 nitrogen and oxygen atoms in total. The fourth-order valence-corrected chi connectivity index (χ4v) is 3.61. The second-order valence-electron chi connectivity index (χ2n) is 8.01. The van der Waals surface area contributed by atoms with Gasteiger partial charge in [0.2, 0.25) is 5.91 Å². The van der Waals surface area contributed by atoms with Crippen LogP contribution in [0.5, 0.6) is 0 Å². The molecule has 27 heavy (non-hydrogen) atoms. The van der Waals surface area contributed by atoms with E-state index >= 15 is 0 Å². The fourth-order valence-electron chi connectivity index (χ4n) is 3.28. The van der Waals surface area contributed by atoms with Gasteiger partial charge in [-0.05, 0) is 24.8 Å². The number of hydrogen-bond acceptors (Lipinski definition) is 3. The first-order valence-electron chi connectivity index (χ1n) is 9.23. The van der Waals surface area contributed by atoms with Crippen LogP contribution in [0.3, 0.4) is 0 Å². The van der Waals surface area contributed by atoms with E-state index in [1.54, 1.807) is 36.1 Å². The number of carbonyl (C=O) groups excluding carboxylic acids is 3. The predicted molar refractivity (Wildman–Crippen MR) is 105 cm³/mol. The van der Waals surface area contributed by atoms with Crippen LogP contribution in [0.1, 0.15) is 40.2 Å². The van der Waals surface area contributed by atoms with Crippen LogP contribution in [0.25, 0.3) is 0 Å². The first-order chi connectivity index (χ1) is 12.6. The molecule has 1 aromatic carbocycles. The molecule has 1 fully saturated rings. The first-order valence-corrected chi connectivity index (χ1v) is 9.61. The molecule has 1 aliphatic heterocycles. The highest BCUT2D eigenvalue weighted by atomic mass is 35.5. The summed E-state index contributed by atoms with van der Waals surface area (Å²) < 4.78 is 0. The van der Waals surface area contributed by atoms with Crippen molar-refractivity contribution in [3.8, 4) is 0 Å². The summed E-state index contributed by atoms with van der Waals surface area (Å²) in [5, 5.41) is 3.09. The molecule has 148 valence electrons. The molecule has 0 unspecified atom stereocenters. The smallest absolute Gasteiger partial charge is 0.325 e. The molecule has 0 radical (unpaired) electrons. The standard InChI is InChI=1S/C20H28ClN3O3/c1-13(2)10-23(11-14(3)4)17(25)12-24-18(26)20(5,22-19(24)27)15-8-6-7-9-16(15)21/h6-9,13-14H,10-12H2,1-5H3,(H,22,27)/t20-/m0/s1. The van der Waals surface area contributed by atoms with Gasteiger partial charge in [0.05, 0.1) is 0 Å². The number of carbonyl (C=O) groups is 3. The monoisotopic (exact) mass is 393 g/mol. The summed E-state index contributed by atoms with van der Waals surface area (Å²) in [7, 11) is 0. The zero-order valence-electron chi connectivity index (χ0n) is 16.6. The third-order valence-corrected chi connectivity index (χ3v) is 4.83. The van der Waals surface area contributed by atoms with Crippen molar-refractivity contribution < 1.29 is 14.4 Å². The Balaban J connectivity index is 2.21. The van der Waals surface area contributed by atoms with E-state index in [2.05, 4.69) is 5.32 Å². The van der Waals surface area contributed by atoms with E-state index in [-0.39, 0.29) is 12.5 Å². The Morgan fingerprint density at radius 3 is 2.22 bits per heavy atom. The van der Waals surface area contributed by atoms with E-state index < -0.39 is 17.5 Å². The Hall–Kier alpha value is -2.08. The highest BCUT2D eigenvalue weighted by Crippen LogP contribution is 2.33. The summed E-state index contributed by atoms with van der Waals surface area (Å²) in [4.78, 5) is 41.0. The molecular weight excluding hydrogens is 366 g/mol. The molecule has 1 heterocycles. The van der Waals surface area contributed by atoms with Crippen LogP contribution in [-0.4, -0.2) is 47.3 Å². The zero-order chi connectivity index (χ0) is 20.4. The maximum Gasteiger partial charge on any atom is 0.325 e. The van der Waals surface area contributed by atoms with Crippen molar-refractivity contribution >= 4 is 29.4 Å². The number of nitrogens with one attached hydrogen (secondary N) is 1. The van der Waals surface area contributed by atoms with Gasteiger partial charge in [-0.3, -0.25) is 14.5 Å². The van der Waals surface area contributed by atoms with Gasteiger partial charge in [-0.25, -0.2) is 4.79 Å². The lowest BCUT2D eigenvalue weighted by Gasteiger charge is -2.28. The molecule has 1 saturated heterocycles. The topological polar surface area (TPSA) is 69.7 Å². The Bertz CT molecular complexity index is 725. The Morgan fingerprint density at radius 1 is 1.15 bits per heavy atom. The average Bonchev–Trinajstić information content (AvgIpc) is 2.77. The van der Waals surface area contributed by atoms with E-state index in [1.165, 1.54) is 0 Å². The van der Waals surface area contributed by atoms with Crippen molar-refractivity contribution in [3.05, 3.63) is 34.9 Å². The maximum atomic E-state index is 13.0. The minimum atomic E-state index is -1.28. The quantitative estimate of drug-likeness (QED) is 0.723. The van der Waals surface area contributed by atoms with Crippen LogP contribution in [-0.2, 0) is 15.1 Å². The SMILES string of the molecule is CC(C)CN(CC(C)C)C(=O)CN1C(=O)N[C@@](C)(c2ccccc2Cl)C1=O. The van der Waals surface area contributed by atoms with E-state index in [9.17, 15) is 14.4 Å². The minimum absolute atomic E-state index is 0.232. The molecule has 0 saturated carbocycles. The summed E-state index contributed by atoms with van der Waals surface area (Å²) in [5.74, 6) is -0.110. The minimum Gasteiger partial charge on any atom is -0.341 e. The molecule has 1 atom stereocenters. The van der Waals surface area contributed by atoms with Crippen molar-refractivity contribution in [2.75, 3.05) is 19.6 Å². The van der Waals surface area contributed by atoms with Crippen LogP contribution in [0.4, 0.5) is 4.79 Å². The second-order valence-corrected chi connectivity index (χ2v) is 8.42. The van der Waals surface area contributed by atoms with Gasteiger partial charge in [0.1, 0.15) is 12.1 Å². The van der Waals surface area contributed by atoms with Crippen molar-refractivity contribution in [1.29, 1.82) is 0 Å². The normalized spacial score (nSPS) is 19.8. The van der Waals surface area contributed by atoms with Gasteiger partial charge < -0.3 is 10.2 Å². The Labute approximate surface area is 165 Å². The van der Waals surface area contributed by atoms with E-state index in [0.29, 0.717) is 35.5 Å². The van der Waals surface area contributed by atoms with E-state index in [1.807, 2.05) is 27.7 Å². The first kappa shape index (κ1) is 21.2.